The third-order valence-corrected chi connectivity index (χ3v) is 2.63. The summed E-state index contributed by atoms with van der Waals surface area (Å²) in [4.78, 5) is 23.0. The van der Waals surface area contributed by atoms with E-state index in [1.165, 1.54) is 0 Å². The van der Waals surface area contributed by atoms with Crippen LogP contribution in [0.3, 0.4) is 0 Å². The number of benzene rings is 1. The van der Waals surface area contributed by atoms with E-state index in [9.17, 15) is 9.59 Å². The molecule has 104 valence electrons. The third-order valence-electron chi connectivity index (χ3n) is 2.63. The average Bonchev–Trinajstić information content (AvgIpc) is 2.36. The maximum Gasteiger partial charge on any atom is 0.240 e. The average molecular weight is 263 g/mol. The summed E-state index contributed by atoms with van der Waals surface area (Å²) in [5, 5.41) is 5.63. The molecule has 1 rings (SSSR count). The minimum atomic E-state index is -0.677. The van der Waals surface area contributed by atoms with Crippen molar-refractivity contribution in [1.29, 1.82) is 0 Å². The van der Waals surface area contributed by atoms with Crippen LogP contribution in [-0.4, -0.2) is 30.4 Å². The zero-order valence-corrected chi connectivity index (χ0v) is 11.3. The Morgan fingerprint density at radius 2 is 1.84 bits per heavy atom. The van der Waals surface area contributed by atoms with Crippen molar-refractivity contribution in [2.24, 2.45) is 5.73 Å². The van der Waals surface area contributed by atoms with Gasteiger partial charge in [-0.05, 0) is 5.56 Å². The van der Waals surface area contributed by atoms with Crippen LogP contribution in [0.15, 0.2) is 30.3 Å². The standard InChI is InChI=1S/C14H21N3O2/c1-10(2)16-9-13(18)17-12(14(15)19)8-11-6-4-3-5-7-11/h3-7,10,12,16H,8-9H2,1-2H3,(H2,15,19)(H,17,18)/t12-/m0/s1. The number of rotatable bonds is 7. The van der Waals surface area contributed by atoms with Gasteiger partial charge in [0.05, 0.1) is 6.54 Å². The normalized spacial score (nSPS) is 12.2. The van der Waals surface area contributed by atoms with Crippen LogP contribution in [0.5, 0.6) is 0 Å². The quantitative estimate of drug-likeness (QED) is 0.657. The van der Waals surface area contributed by atoms with Crippen molar-refractivity contribution >= 4 is 11.8 Å². The summed E-state index contributed by atoms with van der Waals surface area (Å²) in [5.41, 5.74) is 6.28. The summed E-state index contributed by atoms with van der Waals surface area (Å²) in [6.45, 7) is 4.07. The zero-order chi connectivity index (χ0) is 14.3. The van der Waals surface area contributed by atoms with E-state index in [-0.39, 0.29) is 18.5 Å². The third kappa shape index (κ3) is 6.01. The fourth-order valence-electron chi connectivity index (χ4n) is 1.61. The van der Waals surface area contributed by atoms with Gasteiger partial charge in [-0.2, -0.15) is 0 Å². The fraction of sp³-hybridized carbons (Fsp3) is 0.429. The Balaban J connectivity index is 2.54. The molecule has 1 atom stereocenters. The van der Waals surface area contributed by atoms with Crippen molar-refractivity contribution in [2.45, 2.75) is 32.4 Å². The van der Waals surface area contributed by atoms with Crippen LogP contribution in [0.25, 0.3) is 0 Å². The van der Waals surface area contributed by atoms with E-state index in [0.29, 0.717) is 6.42 Å². The second-order valence-electron chi connectivity index (χ2n) is 4.75. The molecule has 0 fully saturated rings. The van der Waals surface area contributed by atoms with Gasteiger partial charge in [0.15, 0.2) is 0 Å². The Kier molecular flexibility index (Phi) is 6.02. The summed E-state index contributed by atoms with van der Waals surface area (Å²) in [6.07, 6.45) is 0.406. The number of nitrogens with two attached hydrogens (primary N) is 1. The molecule has 0 radical (unpaired) electrons. The van der Waals surface area contributed by atoms with Gasteiger partial charge in [-0.25, -0.2) is 0 Å². The van der Waals surface area contributed by atoms with Crippen LogP contribution < -0.4 is 16.4 Å². The Bertz CT molecular complexity index is 418. The molecule has 5 heteroatoms. The van der Waals surface area contributed by atoms with E-state index in [4.69, 9.17) is 5.73 Å². The summed E-state index contributed by atoms with van der Waals surface area (Å²) < 4.78 is 0. The lowest BCUT2D eigenvalue weighted by molar-refractivity contribution is -0.126. The number of hydrogen-bond donors (Lipinski definition) is 3. The van der Waals surface area contributed by atoms with Gasteiger partial charge < -0.3 is 16.4 Å². The van der Waals surface area contributed by atoms with Crippen molar-refractivity contribution in [1.82, 2.24) is 10.6 Å². The molecule has 0 unspecified atom stereocenters. The Morgan fingerprint density at radius 3 is 2.37 bits per heavy atom. The lowest BCUT2D eigenvalue weighted by Gasteiger charge is -2.16. The topological polar surface area (TPSA) is 84.2 Å². The molecule has 0 aliphatic heterocycles. The molecule has 0 aliphatic rings. The van der Waals surface area contributed by atoms with E-state index in [2.05, 4.69) is 10.6 Å². The molecule has 0 spiro atoms. The Morgan fingerprint density at radius 1 is 1.21 bits per heavy atom. The highest BCUT2D eigenvalue weighted by molar-refractivity contribution is 5.87. The first-order valence-corrected chi connectivity index (χ1v) is 6.35. The fourth-order valence-corrected chi connectivity index (χ4v) is 1.61. The summed E-state index contributed by atoms with van der Waals surface area (Å²) in [5.74, 6) is -0.754. The Hall–Kier alpha value is -1.88. The van der Waals surface area contributed by atoms with Gasteiger partial charge in [0.25, 0.3) is 0 Å². The lowest BCUT2D eigenvalue weighted by atomic mass is 10.1. The van der Waals surface area contributed by atoms with Crippen molar-refractivity contribution in [3.05, 3.63) is 35.9 Å². The van der Waals surface area contributed by atoms with Gasteiger partial charge in [0, 0.05) is 12.5 Å². The number of amides is 2. The maximum absolute atomic E-state index is 11.7. The largest absolute Gasteiger partial charge is 0.368 e. The first kappa shape index (κ1) is 15.2. The molecule has 2 amide bonds. The minimum absolute atomic E-state index is 0.177. The van der Waals surface area contributed by atoms with Crippen molar-refractivity contribution in [2.75, 3.05) is 6.54 Å². The van der Waals surface area contributed by atoms with Gasteiger partial charge in [0.1, 0.15) is 6.04 Å². The number of carbonyl (C=O) groups is 2. The second kappa shape index (κ2) is 7.53. The van der Waals surface area contributed by atoms with Gasteiger partial charge in [0.2, 0.25) is 11.8 Å². The summed E-state index contributed by atoms with van der Waals surface area (Å²) in [6, 6.07) is 9.00. The minimum Gasteiger partial charge on any atom is -0.368 e. The smallest absolute Gasteiger partial charge is 0.240 e. The highest BCUT2D eigenvalue weighted by Gasteiger charge is 2.18. The molecule has 0 aliphatic carbocycles. The van der Waals surface area contributed by atoms with E-state index in [0.717, 1.165) is 5.56 Å². The van der Waals surface area contributed by atoms with Gasteiger partial charge in [-0.1, -0.05) is 44.2 Å². The molecule has 0 saturated heterocycles. The molecule has 0 bridgehead atoms. The predicted octanol–water partition coefficient (Wildman–Crippen LogP) is 0.197. The van der Waals surface area contributed by atoms with Gasteiger partial charge in [-0.3, -0.25) is 9.59 Å². The molecule has 0 aromatic heterocycles. The van der Waals surface area contributed by atoms with Crippen molar-refractivity contribution in [3.63, 3.8) is 0 Å². The molecule has 4 N–H and O–H groups in total. The van der Waals surface area contributed by atoms with E-state index in [1.807, 2.05) is 44.2 Å². The van der Waals surface area contributed by atoms with Crippen LogP contribution in [0.2, 0.25) is 0 Å². The number of carbonyl (C=O) groups excluding carboxylic acids is 2. The zero-order valence-electron chi connectivity index (χ0n) is 11.3. The molecule has 1 aromatic rings. The Labute approximate surface area is 113 Å². The monoisotopic (exact) mass is 263 g/mol. The van der Waals surface area contributed by atoms with Crippen LogP contribution in [0, 0.1) is 0 Å². The molecular weight excluding hydrogens is 242 g/mol. The number of nitrogens with one attached hydrogen (secondary N) is 2. The van der Waals surface area contributed by atoms with Gasteiger partial charge in [-0.15, -0.1) is 0 Å². The molecular formula is C14H21N3O2. The highest BCUT2D eigenvalue weighted by atomic mass is 16.2. The van der Waals surface area contributed by atoms with Crippen LogP contribution in [0.4, 0.5) is 0 Å². The summed E-state index contributed by atoms with van der Waals surface area (Å²) in [7, 11) is 0. The van der Waals surface area contributed by atoms with Crippen LogP contribution in [0.1, 0.15) is 19.4 Å². The molecule has 0 saturated carbocycles. The molecule has 19 heavy (non-hydrogen) atoms. The summed E-state index contributed by atoms with van der Waals surface area (Å²) >= 11 is 0. The first-order valence-electron chi connectivity index (χ1n) is 6.35. The first-order chi connectivity index (χ1) is 8.99. The number of hydrogen-bond acceptors (Lipinski definition) is 3. The second-order valence-corrected chi connectivity index (χ2v) is 4.75. The van der Waals surface area contributed by atoms with Crippen LogP contribution >= 0.6 is 0 Å². The number of primary amides is 1. The lowest BCUT2D eigenvalue weighted by Crippen LogP contribution is -2.49. The van der Waals surface area contributed by atoms with Gasteiger partial charge >= 0.3 is 0 Å². The molecule has 1 aromatic carbocycles. The SMILES string of the molecule is CC(C)NCC(=O)N[C@@H](Cc1ccccc1)C(N)=O. The van der Waals surface area contributed by atoms with E-state index < -0.39 is 11.9 Å². The van der Waals surface area contributed by atoms with E-state index >= 15 is 0 Å². The van der Waals surface area contributed by atoms with E-state index in [1.54, 1.807) is 0 Å². The van der Waals surface area contributed by atoms with Crippen molar-refractivity contribution < 1.29 is 9.59 Å². The predicted molar refractivity (Wildman–Crippen MR) is 74.4 cm³/mol. The highest BCUT2D eigenvalue weighted by Crippen LogP contribution is 2.02. The van der Waals surface area contributed by atoms with Crippen LogP contribution in [-0.2, 0) is 16.0 Å². The maximum atomic E-state index is 11.7. The molecule has 5 nitrogen and oxygen atoms in total. The van der Waals surface area contributed by atoms with Crippen molar-refractivity contribution in [3.8, 4) is 0 Å². The molecule has 0 heterocycles.